The molecule has 2 saturated heterocycles. The maximum Gasteiger partial charge on any atom is 0.236 e. The minimum Gasteiger partial charge on any atom is -0.354 e. The van der Waals surface area contributed by atoms with Crippen molar-refractivity contribution >= 4 is 11.7 Å². The lowest BCUT2D eigenvalue weighted by atomic mass is 10.00. The molecular weight excluding hydrogens is 288 g/mol. The lowest BCUT2D eigenvalue weighted by Crippen LogP contribution is -2.52. The maximum absolute atomic E-state index is 12.6. The Kier molecular flexibility index (Phi) is 5.49. The highest BCUT2D eigenvalue weighted by Gasteiger charge is 2.27. The molecule has 2 fully saturated rings. The monoisotopic (exact) mass is 316 g/mol. The molecule has 2 aliphatic rings. The first-order valence-electron chi connectivity index (χ1n) is 8.95. The fraction of sp³-hybridized carbons (Fsp3) is 0.667. The second-order valence-electron chi connectivity index (χ2n) is 6.60. The van der Waals surface area contributed by atoms with Crippen LogP contribution in [0.4, 0.5) is 5.82 Å². The van der Waals surface area contributed by atoms with E-state index in [1.165, 1.54) is 12.8 Å². The van der Waals surface area contributed by atoms with Crippen molar-refractivity contribution in [3.8, 4) is 0 Å². The second kappa shape index (κ2) is 7.77. The average molecular weight is 316 g/mol. The van der Waals surface area contributed by atoms with Crippen molar-refractivity contribution in [2.45, 2.75) is 38.6 Å². The number of carbonyl (C=O) groups excluding carboxylic acids is 1. The Morgan fingerprint density at radius 2 is 2.00 bits per heavy atom. The summed E-state index contributed by atoms with van der Waals surface area (Å²) in [5.74, 6) is 1.36. The molecule has 1 atom stereocenters. The smallest absolute Gasteiger partial charge is 0.236 e. The zero-order chi connectivity index (χ0) is 16.1. The molecule has 3 heterocycles. The molecular formula is C18H28N4O. The Hall–Kier alpha value is -1.62. The fourth-order valence-corrected chi connectivity index (χ4v) is 3.71. The number of amides is 1. The van der Waals surface area contributed by atoms with Gasteiger partial charge in [0, 0.05) is 45.0 Å². The normalized spacial score (nSPS) is 23.1. The van der Waals surface area contributed by atoms with Gasteiger partial charge in [0.1, 0.15) is 5.82 Å². The van der Waals surface area contributed by atoms with E-state index >= 15 is 0 Å². The van der Waals surface area contributed by atoms with Crippen LogP contribution in [0.5, 0.6) is 0 Å². The number of hydrogen-bond donors (Lipinski definition) is 0. The summed E-state index contributed by atoms with van der Waals surface area (Å²) in [4.78, 5) is 23.8. The van der Waals surface area contributed by atoms with Gasteiger partial charge in [0.05, 0.1) is 6.54 Å². The Morgan fingerprint density at radius 1 is 1.17 bits per heavy atom. The van der Waals surface area contributed by atoms with E-state index in [1.807, 2.05) is 18.3 Å². The molecule has 0 spiro atoms. The van der Waals surface area contributed by atoms with Crippen molar-refractivity contribution < 1.29 is 4.79 Å². The topological polar surface area (TPSA) is 39.7 Å². The first-order valence-corrected chi connectivity index (χ1v) is 8.95. The number of rotatable bonds is 4. The van der Waals surface area contributed by atoms with Crippen LogP contribution in [0.2, 0.25) is 0 Å². The van der Waals surface area contributed by atoms with Crippen LogP contribution in [-0.4, -0.2) is 66.0 Å². The van der Waals surface area contributed by atoms with Crippen molar-refractivity contribution in [1.82, 2.24) is 14.8 Å². The van der Waals surface area contributed by atoms with Crippen LogP contribution in [0, 0.1) is 0 Å². The van der Waals surface area contributed by atoms with Gasteiger partial charge in [-0.05, 0) is 37.8 Å². The van der Waals surface area contributed by atoms with E-state index < -0.39 is 0 Å². The van der Waals surface area contributed by atoms with Crippen molar-refractivity contribution in [2.75, 3.05) is 44.2 Å². The molecule has 23 heavy (non-hydrogen) atoms. The Balaban J connectivity index is 1.49. The maximum atomic E-state index is 12.6. The van der Waals surface area contributed by atoms with E-state index in [-0.39, 0.29) is 0 Å². The van der Waals surface area contributed by atoms with Crippen LogP contribution in [0.1, 0.15) is 32.6 Å². The predicted octanol–water partition coefficient (Wildman–Crippen LogP) is 1.99. The number of hydrogen-bond acceptors (Lipinski definition) is 4. The van der Waals surface area contributed by atoms with Crippen LogP contribution < -0.4 is 4.90 Å². The number of likely N-dealkylation sites (tertiary alicyclic amines) is 1. The third-order valence-corrected chi connectivity index (χ3v) is 5.12. The van der Waals surface area contributed by atoms with Gasteiger partial charge in [-0.1, -0.05) is 13.0 Å². The van der Waals surface area contributed by atoms with E-state index in [2.05, 4.69) is 32.7 Å². The standard InChI is InChI=1S/C18H28N4O/c1-2-16-7-4-6-10-22(16)18(23)15-20-11-13-21(14-12-20)17-8-3-5-9-19-17/h3,5,8-9,16H,2,4,6-7,10-15H2,1H3. The minimum absolute atomic E-state index is 0.322. The molecule has 5 nitrogen and oxygen atoms in total. The van der Waals surface area contributed by atoms with Gasteiger partial charge in [0.25, 0.3) is 0 Å². The Bertz CT molecular complexity index is 499. The van der Waals surface area contributed by atoms with Gasteiger partial charge in [-0.2, -0.15) is 0 Å². The highest BCUT2D eigenvalue weighted by molar-refractivity contribution is 5.78. The highest BCUT2D eigenvalue weighted by Crippen LogP contribution is 2.20. The molecule has 0 radical (unpaired) electrons. The summed E-state index contributed by atoms with van der Waals surface area (Å²) in [6, 6.07) is 6.49. The SMILES string of the molecule is CCC1CCCCN1C(=O)CN1CCN(c2ccccn2)CC1. The van der Waals surface area contributed by atoms with Crippen LogP contribution in [0.3, 0.4) is 0 Å². The van der Waals surface area contributed by atoms with Crippen LogP contribution in [0.15, 0.2) is 24.4 Å². The van der Waals surface area contributed by atoms with Gasteiger partial charge < -0.3 is 9.80 Å². The van der Waals surface area contributed by atoms with Crippen LogP contribution >= 0.6 is 0 Å². The van der Waals surface area contributed by atoms with E-state index in [4.69, 9.17) is 0 Å². The summed E-state index contributed by atoms with van der Waals surface area (Å²) in [5, 5.41) is 0. The molecule has 1 aromatic heterocycles. The van der Waals surface area contributed by atoms with E-state index in [0.717, 1.165) is 51.4 Å². The number of nitrogens with zero attached hydrogens (tertiary/aromatic N) is 4. The highest BCUT2D eigenvalue weighted by atomic mass is 16.2. The van der Waals surface area contributed by atoms with Gasteiger partial charge >= 0.3 is 0 Å². The molecule has 1 amide bonds. The molecule has 126 valence electrons. The van der Waals surface area contributed by atoms with Crippen molar-refractivity contribution in [3.63, 3.8) is 0 Å². The number of piperazine rings is 1. The summed E-state index contributed by atoms with van der Waals surface area (Å²) in [7, 11) is 0. The average Bonchev–Trinajstić information content (AvgIpc) is 2.63. The van der Waals surface area contributed by atoms with E-state index in [9.17, 15) is 4.79 Å². The minimum atomic E-state index is 0.322. The number of anilines is 1. The molecule has 0 aliphatic carbocycles. The third-order valence-electron chi connectivity index (χ3n) is 5.12. The number of piperidine rings is 1. The molecule has 0 saturated carbocycles. The molecule has 0 N–H and O–H groups in total. The van der Waals surface area contributed by atoms with Gasteiger partial charge in [0.15, 0.2) is 0 Å². The summed E-state index contributed by atoms with van der Waals surface area (Å²) < 4.78 is 0. The first kappa shape index (κ1) is 16.2. The summed E-state index contributed by atoms with van der Waals surface area (Å²) in [6.45, 7) is 7.49. The summed E-state index contributed by atoms with van der Waals surface area (Å²) in [6.07, 6.45) is 6.53. The predicted molar refractivity (Wildman–Crippen MR) is 92.5 cm³/mol. The number of carbonyl (C=O) groups is 1. The lowest BCUT2D eigenvalue weighted by molar-refractivity contribution is -0.136. The largest absolute Gasteiger partial charge is 0.354 e. The quantitative estimate of drug-likeness (QED) is 0.852. The van der Waals surface area contributed by atoms with Crippen LogP contribution in [-0.2, 0) is 4.79 Å². The Labute approximate surface area is 139 Å². The molecule has 0 aromatic carbocycles. The van der Waals surface area contributed by atoms with E-state index in [0.29, 0.717) is 18.5 Å². The molecule has 5 heteroatoms. The van der Waals surface area contributed by atoms with Gasteiger partial charge in [-0.25, -0.2) is 4.98 Å². The van der Waals surface area contributed by atoms with Crippen molar-refractivity contribution in [1.29, 1.82) is 0 Å². The number of pyridine rings is 1. The molecule has 2 aliphatic heterocycles. The molecule has 1 aromatic rings. The second-order valence-corrected chi connectivity index (χ2v) is 6.60. The van der Waals surface area contributed by atoms with E-state index in [1.54, 1.807) is 0 Å². The van der Waals surface area contributed by atoms with Gasteiger partial charge in [-0.15, -0.1) is 0 Å². The summed E-state index contributed by atoms with van der Waals surface area (Å²) >= 11 is 0. The zero-order valence-electron chi connectivity index (χ0n) is 14.2. The van der Waals surface area contributed by atoms with Gasteiger partial charge in [-0.3, -0.25) is 9.69 Å². The lowest BCUT2D eigenvalue weighted by Gasteiger charge is -2.39. The van der Waals surface area contributed by atoms with Crippen LogP contribution in [0.25, 0.3) is 0 Å². The van der Waals surface area contributed by atoms with Gasteiger partial charge in [0.2, 0.25) is 5.91 Å². The molecule has 0 bridgehead atoms. The number of aromatic nitrogens is 1. The van der Waals surface area contributed by atoms with Crippen molar-refractivity contribution in [3.05, 3.63) is 24.4 Å². The molecule has 1 unspecified atom stereocenters. The summed E-state index contributed by atoms with van der Waals surface area (Å²) in [5.41, 5.74) is 0. The first-order chi connectivity index (χ1) is 11.3. The fourth-order valence-electron chi connectivity index (χ4n) is 3.71. The third kappa shape index (κ3) is 4.02. The molecule has 3 rings (SSSR count). The van der Waals surface area contributed by atoms with Crippen molar-refractivity contribution in [2.24, 2.45) is 0 Å². The Morgan fingerprint density at radius 3 is 2.70 bits per heavy atom. The zero-order valence-corrected chi connectivity index (χ0v) is 14.2.